The van der Waals surface area contributed by atoms with Gasteiger partial charge in [0.15, 0.2) is 0 Å². The van der Waals surface area contributed by atoms with Crippen molar-refractivity contribution in [2.24, 2.45) is 0 Å². The van der Waals surface area contributed by atoms with E-state index in [1.165, 1.54) is 0 Å². The first-order valence-electron chi connectivity index (χ1n) is 4.36. The molecule has 0 bridgehead atoms. The van der Waals surface area contributed by atoms with E-state index >= 15 is 0 Å². The zero-order chi connectivity index (χ0) is 10.4. The monoisotopic (exact) mass is 209 g/mol. The van der Waals surface area contributed by atoms with Crippen LogP contribution in [0.4, 0.5) is 0 Å². The van der Waals surface area contributed by atoms with E-state index in [0.29, 0.717) is 10.6 Å². The topological polar surface area (TPSA) is 32.3 Å². The largest absolute Gasteiger partial charge is 0.508 e. The molecule has 0 unspecified atom stereocenters. The Kier molecular flexibility index (Phi) is 4.31. The highest BCUT2D eigenvalue weighted by atomic mass is 35.5. The second-order valence-electron chi connectivity index (χ2n) is 2.82. The van der Waals surface area contributed by atoms with Gasteiger partial charge in [0, 0.05) is 18.5 Å². The number of hydrogen-bond acceptors (Lipinski definition) is 2. The Hall–Kier alpha value is -1.17. The van der Waals surface area contributed by atoms with E-state index in [4.69, 9.17) is 11.6 Å². The molecule has 1 rings (SSSR count). The Bertz CT molecular complexity index is 365. The van der Waals surface area contributed by atoms with Crippen LogP contribution >= 0.6 is 11.6 Å². The molecule has 0 amide bonds. The van der Waals surface area contributed by atoms with Crippen molar-refractivity contribution in [1.29, 1.82) is 0 Å². The summed E-state index contributed by atoms with van der Waals surface area (Å²) in [7, 11) is 1.88. The van der Waals surface area contributed by atoms with Crippen molar-refractivity contribution >= 4 is 11.6 Å². The van der Waals surface area contributed by atoms with Gasteiger partial charge in [-0.25, -0.2) is 0 Å². The van der Waals surface area contributed by atoms with Crippen molar-refractivity contribution < 1.29 is 5.11 Å². The lowest BCUT2D eigenvalue weighted by Gasteiger charge is -1.96. The number of phenols is 1. The molecular formula is C11H12ClNO. The second-order valence-corrected chi connectivity index (χ2v) is 3.23. The van der Waals surface area contributed by atoms with Gasteiger partial charge in [-0.3, -0.25) is 0 Å². The summed E-state index contributed by atoms with van der Waals surface area (Å²) in [5, 5.41) is 12.8. The third-order valence-corrected chi connectivity index (χ3v) is 2.00. The Morgan fingerprint density at radius 2 is 2.29 bits per heavy atom. The van der Waals surface area contributed by atoms with E-state index in [9.17, 15) is 5.11 Å². The molecule has 0 aliphatic heterocycles. The molecule has 0 aliphatic rings. The van der Waals surface area contributed by atoms with Crippen LogP contribution in [-0.4, -0.2) is 18.7 Å². The van der Waals surface area contributed by atoms with Crippen LogP contribution in [0.3, 0.4) is 0 Å². The average molecular weight is 210 g/mol. The summed E-state index contributed by atoms with van der Waals surface area (Å²) in [6.07, 6.45) is 0.766. The minimum atomic E-state index is 0.187. The molecule has 0 atom stereocenters. The number of phenolic OH excluding ortho intramolecular Hbond substituents is 1. The van der Waals surface area contributed by atoms with Gasteiger partial charge in [-0.2, -0.15) is 0 Å². The van der Waals surface area contributed by atoms with Crippen molar-refractivity contribution in [3.8, 4) is 17.6 Å². The lowest BCUT2D eigenvalue weighted by atomic mass is 10.2. The second kappa shape index (κ2) is 5.54. The number of hydrogen-bond donors (Lipinski definition) is 2. The van der Waals surface area contributed by atoms with Crippen LogP contribution in [0.2, 0.25) is 5.02 Å². The minimum absolute atomic E-state index is 0.187. The quantitative estimate of drug-likeness (QED) is 0.577. The van der Waals surface area contributed by atoms with E-state index in [2.05, 4.69) is 17.2 Å². The smallest absolute Gasteiger partial charge is 0.116 e. The van der Waals surface area contributed by atoms with Gasteiger partial charge in [0.1, 0.15) is 5.75 Å². The van der Waals surface area contributed by atoms with Crippen LogP contribution in [0.1, 0.15) is 12.0 Å². The summed E-state index contributed by atoms with van der Waals surface area (Å²) in [6, 6.07) is 4.74. The molecule has 0 fully saturated rings. The van der Waals surface area contributed by atoms with Gasteiger partial charge < -0.3 is 10.4 Å². The Morgan fingerprint density at radius 3 is 3.00 bits per heavy atom. The number of halogens is 1. The van der Waals surface area contributed by atoms with Gasteiger partial charge in [-0.1, -0.05) is 23.4 Å². The fourth-order valence-electron chi connectivity index (χ4n) is 0.954. The SMILES string of the molecule is CNCCC#Cc1cc(O)ccc1Cl. The van der Waals surface area contributed by atoms with E-state index in [1.807, 2.05) is 7.05 Å². The van der Waals surface area contributed by atoms with E-state index < -0.39 is 0 Å². The molecule has 74 valence electrons. The highest BCUT2D eigenvalue weighted by Gasteiger charge is 1.96. The molecule has 14 heavy (non-hydrogen) atoms. The summed E-state index contributed by atoms with van der Waals surface area (Å²) in [4.78, 5) is 0. The van der Waals surface area contributed by atoms with Crippen molar-refractivity contribution in [3.63, 3.8) is 0 Å². The summed E-state index contributed by atoms with van der Waals surface area (Å²) >= 11 is 5.88. The van der Waals surface area contributed by atoms with Gasteiger partial charge in [-0.15, -0.1) is 0 Å². The molecule has 0 radical (unpaired) electrons. The van der Waals surface area contributed by atoms with Crippen LogP contribution in [0.5, 0.6) is 5.75 Å². The summed E-state index contributed by atoms with van der Waals surface area (Å²) in [5.41, 5.74) is 0.669. The molecule has 0 saturated carbocycles. The van der Waals surface area contributed by atoms with Gasteiger partial charge in [0.2, 0.25) is 0 Å². The predicted octanol–water partition coefficient (Wildman–Crippen LogP) is 2.01. The molecule has 2 N–H and O–H groups in total. The fourth-order valence-corrected chi connectivity index (χ4v) is 1.12. The maximum absolute atomic E-state index is 9.20. The maximum Gasteiger partial charge on any atom is 0.116 e. The first kappa shape index (κ1) is 10.9. The van der Waals surface area contributed by atoms with Crippen LogP contribution < -0.4 is 5.32 Å². The van der Waals surface area contributed by atoms with Crippen molar-refractivity contribution in [3.05, 3.63) is 28.8 Å². The fraction of sp³-hybridized carbons (Fsp3) is 0.273. The highest BCUT2D eigenvalue weighted by Crippen LogP contribution is 2.19. The van der Waals surface area contributed by atoms with Crippen molar-refractivity contribution in [2.45, 2.75) is 6.42 Å². The molecule has 0 spiro atoms. The van der Waals surface area contributed by atoms with E-state index in [-0.39, 0.29) is 5.75 Å². The van der Waals surface area contributed by atoms with Crippen molar-refractivity contribution in [1.82, 2.24) is 5.32 Å². The Balaban J connectivity index is 2.73. The molecule has 0 aromatic heterocycles. The standard InChI is InChI=1S/C11H12ClNO/c1-13-7-3-2-4-9-8-10(14)5-6-11(9)12/h5-6,8,13-14H,3,7H2,1H3. The van der Waals surface area contributed by atoms with Crippen LogP contribution in [0.15, 0.2) is 18.2 Å². The number of benzene rings is 1. The Morgan fingerprint density at radius 1 is 1.50 bits per heavy atom. The van der Waals surface area contributed by atoms with Crippen LogP contribution in [-0.2, 0) is 0 Å². The van der Waals surface area contributed by atoms with Gasteiger partial charge in [-0.05, 0) is 25.2 Å². The lowest BCUT2D eigenvalue weighted by molar-refractivity contribution is 0.475. The number of nitrogens with one attached hydrogen (secondary N) is 1. The van der Waals surface area contributed by atoms with Gasteiger partial charge in [0.05, 0.1) is 5.02 Å². The maximum atomic E-state index is 9.20. The minimum Gasteiger partial charge on any atom is -0.508 e. The van der Waals surface area contributed by atoms with Gasteiger partial charge in [0.25, 0.3) is 0 Å². The third kappa shape index (κ3) is 3.29. The third-order valence-electron chi connectivity index (χ3n) is 1.67. The summed E-state index contributed by atoms with van der Waals surface area (Å²) in [5.74, 6) is 6.06. The van der Waals surface area contributed by atoms with Crippen LogP contribution in [0.25, 0.3) is 0 Å². The number of rotatable bonds is 2. The molecule has 3 heteroatoms. The first-order valence-corrected chi connectivity index (χ1v) is 4.74. The molecular weight excluding hydrogens is 198 g/mol. The summed E-state index contributed by atoms with van der Waals surface area (Å²) in [6.45, 7) is 0.851. The average Bonchev–Trinajstić information content (AvgIpc) is 2.18. The molecule has 1 aromatic carbocycles. The molecule has 1 aromatic rings. The molecule has 0 saturated heterocycles. The van der Waals surface area contributed by atoms with Crippen molar-refractivity contribution in [2.75, 3.05) is 13.6 Å². The Labute approximate surface area is 88.9 Å². The normalized spacial score (nSPS) is 9.29. The highest BCUT2D eigenvalue weighted by molar-refractivity contribution is 6.31. The summed E-state index contributed by atoms with van der Waals surface area (Å²) < 4.78 is 0. The predicted molar refractivity (Wildman–Crippen MR) is 58.5 cm³/mol. The van der Waals surface area contributed by atoms with E-state index in [0.717, 1.165) is 13.0 Å². The first-order chi connectivity index (χ1) is 6.74. The molecule has 0 aliphatic carbocycles. The molecule has 0 heterocycles. The molecule has 2 nitrogen and oxygen atoms in total. The van der Waals surface area contributed by atoms with Gasteiger partial charge >= 0.3 is 0 Å². The zero-order valence-electron chi connectivity index (χ0n) is 7.97. The lowest BCUT2D eigenvalue weighted by Crippen LogP contribution is -2.05. The van der Waals surface area contributed by atoms with Crippen LogP contribution in [0, 0.1) is 11.8 Å². The van der Waals surface area contributed by atoms with E-state index in [1.54, 1.807) is 18.2 Å². The number of aromatic hydroxyl groups is 1. The zero-order valence-corrected chi connectivity index (χ0v) is 8.73.